The third kappa shape index (κ3) is 9.43. The number of carbonyl (C=O) groups excluding carboxylic acids is 2. The molecule has 0 bridgehead atoms. The third-order valence-electron chi connectivity index (χ3n) is 6.46. The Bertz CT molecular complexity index is 1330. The molecule has 10 heteroatoms. The van der Waals surface area contributed by atoms with Crippen LogP contribution in [0.15, 0.2) is 77.7 Å². The lowest BCUT2D eigenvalue weighted by atomic mass is 10.0. The van der Waals surface area contributed by atoms with Crippen LogP contribution in [-0.2, 0) is 30.5 Å². The van der Waals surface area contributed by atoms with E-state index in [-0.39, 0.29) is 49.9 Å². The first kappa shape index (κ1) is 30.3. The number of anilines is 2. The average molecular weight is 579 g/mol. The van der Waals surface area contributed by atoms with E-state index in [0.29, 0.717) is 17.9 Å². The number of rotatable bonds is 12. The monoisotopic (exact) mass is 578 g/mol. The molecular formula is C31H34N2O7S. The summed E-state index contributed by atoms with van der Waals surface area (Å²) < 4.78 is 12.8. The molecule has 0 radical (unpaired) electrons. The summed E-state index contributed by atoms with van der Waals surface area (Å²) in [5.74, 6) is -0.631. The first-order valence-electron chi connectivity index (χ1n) is 13.4. The number of carboxylic acid groups (broad SMARTS) is 1. The van der Waals surface area contributed by atoms with Gasteiger partial charge in [0.05, 0.1) is 18.8 Å². The number of aliphatic carboxylic acids is 1. The Morgan fingerprint density at radius 3 is 2.34 bits per heavy atom. The van der Waals surface area contributed by atoms with Crippen molar-refractivity contribution in [2.75, 3.05) is 16.4 Å². The van der Waals surface area contributed by atoms with Gasteiger partial charge in [-0.1, -0.05) is 36.4 Å². The van der Waals surface area contributed by atoms with Gasteiger partial charge < -0.3 is 30.3 Å². The standard InChI is InChI=1S/C31H34N2O7S/c1-20(35)32-24-12-14-27(15-13-24)41-19-26-17-28(22-10-8-21(18-34)9-11-22)40-31(39-26)23-4-2-5-25(16-23)33-29(36)6-3-7-30(37)38/h2,4-5,8-16,26,28,31,34H,3,6-7,17-19H2,1H3,(H,32,35)(H,33,36)(H,37,38). The number of carboxylic acids is 1. The number of aliphatic hydroxyl groups excluding tert-OH is 1. The maximum Gasteiger partial charge on any atom is 0.303 e. The maximum absolute atomic E-state index is 12.3. The van der Waals surface area contributed by atoms with Crippen LogP contribution >= 0.6 is 11.8 Å². The molecule has 2 amide bonds. The molecular weight excluding hydrogens is 544 g/mol. The highest BCUT2D eigenvalue weighted by molar-refractivity contribution is 7.99. The number of amides is 2. The van der Waals surface area contributed by atoms with Crippen molar-refractivity contribution in [1.29, 1.82) is 0 Å². The van der Waals surface area contributed by atoms with Crippen LogP contribution in [0.3, 0.4) is 0 Å². The molecule has 4 rings (SSSR count). The zero-order chi connectivity index (χ0) is 29.2. The molecule has 3 aromatic carbocycles. The number of carbonyl (C=O) groups is 3. The Hall–Kier alpha value is -3.70. The van der Waals surface area contributed by atoms with E-state index in [2.05, 4.69) is 10.6 Å². The SMILES string of the molecule is CC(=O)Nc1ccc(SCC2CC(c3ccc(CO)cc3)OC(c3cccc(NC(=O)CCCC(=O)O)c3)O2)cc1. The third-order valence-corrected chi connectivity index (χ3v) is 7.61. The second-order valence-corrected chi connectivity index (χ2v) is 10.9. The number of hydrogen-bond acceptors (Lipinski definition) is 7. The van der Waals surface area contributed by atoms with Gasteiger partial charge in [-0.05, 0) is 53.9 Å². The summed E-state index contributed by atoms with van der Waals surface area (Å²) in [6, 6.07) is 22.6. The van der Waals surface area contributed by atoms with Crippen LogP contribution in [0.5, 0.6) is 0 Å². The lowest BCUT2D eigenvalue weighted by Crippen LogP contribution is -2.31. The lowest BCUT2D eigenvalue weighted by molar-refractivity contribution is -0.245. The van der Waals surface area contributed by atoms with Gasteiger partial charge in [-0.25, -0.2) is 0 Å². The van der Waals surface area contributed by atoms with Crippen molar-refractivity contribution in [3.63, 3.8) is 0 Å². The van der Waals surface area contributed by atoms with E-state index in [1.54, 1.807) is 17.8 Å². The van der Waals surface area contributed by atoms with Crippen molar-refractivity contribution in [2.24, 2.45) is 0 Å². The van der Waals surface area contributed by atoms with Gasteiger partial charge >= 0.3 is 5.97 Å². The average Bonchev–Trinajstić information content (AvgIpc) is 2.96. The summed E-state index contributed by atoms with van der Waals surface area (Å²) in [5, 5.41) is 23.8. The quantitative estimate of drug-likeness (QED) is 0.202. The van der Waals surface area contributed by atoms with Crippen molar-refractivity contribution in [3.05, 3.63) is 89.5 Å². The molecule has 0 aromatic heterocycles. The van der Waals surface area contributed by atoms with Gasteiger partial charge in [0, 0.05) is 53.8 Å². The van der Waals surface area contributed by atoms with Crippen LogP contribution in [0.1, 0.15) is 61.7 Å². The summed E-state index contributed by atoms with van der Waals surface area (Å²) in [7, 11) is 0. The Morgan fingerprint density at radius 2 is 1.66 bits per heavy atom. The molecule has 3 aromatic rings. The van der Waals surface area contributed by atoms with E-state index in [1.165, 1.54) is 6.92 Å². The Kier molecular flexibility index (Phi) is 10.9. The van der Waals surface area contributed by atoms with Crippen LogP contribution in [0.2, 0.25) is 0 Å². The molecule has 41 heavy (non-hydrogen) atoms. The first-order chi connectivity index (χ1) is 19.8. The molecule has 1 fully saturated rings. The Balaban J connectivity index is 1.47. The Labute approximate surface area is 243 Å². The minimum absolute atomic E-state index is 0.0354. The number of hydrogen-bond donors (Lipinski definition) is 4. The number of benzene rings is 3. The minimum atomic E-state index is -0.929. The number of nitrogens with one attached hydrogen (secondary N) is 2. The highest BCUT2D eigenvalue weighted by Crippen LogP contribution is 2.40. The molecule has 0 aliphatic carbocycles. The van der Waals surface area contributed by atoms with Gasteiger partial charge in [0.25, 0.3) is 0 Å². The number of aliphatic hydroxyl groups is 1. The fraction of sp³-hybridized carbons (Fsp3) is 0.323. The molecule has 3 atom stereocenters. The summed E-state index contributed by atoms with van der Waals surface area (Å²) in [4.78, 5) is 35.4. The molecule has 0 saturated carbocycles. The van der Waals surface area contributed by atoms with Crippen molar-refractivity contribution in [2.45, 2.75) is 62.6 Å². The largest absolute Gasteiger partial charge is 0.481 e. The van der Waals surface area contributed by atoms with Crippen LogP contribution in [-0.4, -0.2) is 39.9 Å². The van der Waals surface area contributed by atoms with Gasteiger partial charge in [-0.3, -0.25) is 14.4 Å². The van der Waals surface area contributed by atoms with Crippen LogP contribution in [0.25, 0.3) is 0 Å². The van der Waals surface area contributed by atoms with Crippen LogP contribution < -0.4 is 10.6 Å². The second kappa shape index (κ2) is 14.8. The van der Waals surface area contributed by atoms with E-state index >= 15 is 0 Å². The van der Waals surface area contributed by atoms with E-state index in [4.69, 9.17) is 14.6 Å². The van der Waals surface area contributed by atoms with Gasteiger partial charge in [0.2, 0.25) is 11.8 Å². The number of ether oxygens (including phenoxy) is 2. The summed E-state index contributed by atoms with van der Waals surface area (Å²) >= 11 is 1.65. The molecule has 3 unspecified atom stereocenters. The van der Waals surface area contributed by atoms with E-state index < -0.39 is 12.3 Å². The van der Waals surface area contributed by atoms with Crippen molar-refractivity contribution < 1.29 is 34.1 Å². The molecule has 1 aliphatic rings. The first-order valence-corrected chi connectivity index (χ1v) is 14.4. The predicted molar refractivity (Wildman–Crippen MR) is 156 cm³/mol. The van der Waals surface area contributed by atoms with Crippen molar-refractivity contribution in [1.82, 2.24) is 0 Å². The highest BCUT2D eigenvalue weighted by Gasteiger charge is 2.32. The Morgan fingerprint density at radius 1 is 0.902 bits per heavy atom. The molecule has 1 aliphatic heterocycles. The molecule has 0 spiro atoms. The topological polar surface area (TPSA) is 134 Å². The zero-order valence-corrected chi connectivity index (χ0v) is 23.6. The second-order valence-electron chi connectivity index (χ2n) is 9.79. The van der Waals surface area contributed by atoms with Crippen molar-refractivity contribution >= 4 is 40.9 Å². The summed E-state index contributed by atoms with van der Waals surface area (Å²) in [6.45, 7) is 1.44. The van der Waals surface area contributed by atoms with Crippen molar-refractivity contribution in [3.8, 4) is 0 Å². The molecule has 216 valence electrons. The smallest absolute Gasteiger partial charge is 0.303 e. The van der Waals surface area contributed by atoms with Gasteiger partial charge in [-0.2, -0.15) is 0 Å². The zero-order valence-electron chi connectivity index (χ0n) is 22.7. The molecule has 9 nitrogen and oxygen atoms in total. The van der Waals surface area contributed by atoms with E-state index in [1.807, 2.05) is 66.7 Å². The summed E-state index contributed by atoms with van der Waals surface area (Å²) in [5.41, 5.74) is 3.87. The van der Waals surface area contributed by atoms with E-state index in [0.717, 1.165) is 27.3 Å². The van der Waals surface area contributed by atoms with Gasteiger partial charge in [0.1, 0.15) is 0 Å². The van der Waals surface area contributed by atoms with Gasteiger partial charge in [-0.15, -0.1) is 11.8 Å². The summed E-state index contributed by atoms with van der Waals surface area (Å²) in [6.07, 6.45) is -0.119. The highest BCUT2D eigenvalue weighted by atomic mass is 32.2. The molecule has 4 N–H and O–H groups in total. The fourth-order valence-electron chi connectivity index (χ4n) is 4.44. The minimum Gasteiger partial charge on any atom is -0.481 e. The fourth-order valence-corrected chi connectivity index (χ4v) is 5.36. The van der Waals surface area contributed by atoms with Crippen LogP contribution in [0.4, 0.5) is 11.4 Å². The number of thioether (sulfide) groups is 1. The predicted octanol–water partition coefficient (Wildman–Crippen LogP) is 5.67. The van der Waals surface area contributed by atoms with Crippen LogP contribution in [0, 0.1) is 0 Å². The van der Waals surface area contributed by atoms with E-state index in [9.17, 15) is 19.5 Å². The molecule has 1 saturated heterocycles. The normalized spacial score (nSPS) is 18.4. The maximum atomic E-state index is 12.3. The van der Waals surface area contributed by atoms with Gasteiger partial charge in [0.15, 0.2) is 6.29 Å². The lowest BCUT2D eigenvalue weighted by Gasteiger charge is -2.36. The molecule has 1 heterocycles.